The van der Waals surface area contributed by atoms with Gasteiger partial charge in [0.2, 0.25) is 0 Å². The third kappa shape index (κ3) is 23.4. The van der Waals surface area contributed by atoms with Crippen LogP contribution in [-0.4, -0.2) is 58.9 Å². The van der Waals surface area contributed by atoms with Crippen LogP contribution < -0.4 is 77.7 Å². The summed E-state index contributed by atoms with van der Waals surface area (Å²) >= 11 is 5.30. The topological polar surface area (TPSA) is 171 Å². The quantitative estimate of drug-likeness (QED) is 0.0305. The third-order valence-electron chi connectivity index (χ3n) is 14.4. The number of carbonyl (C=O) groups is 2. The van der Waals surface area contributed by atoms with Gasteiger partial charge in [-0.3, -0.25) is 11.2 Å². The molecule has 0 unspecified atom stereocenters. The van der Waals surface area contributed by atoms with Crippen molar-refractivity contribution in [2.75, 3.05) is 0 Å². The molecule has 1 saturated heterocycles. The van der Waals surface area contributed by atoms with Gasteiger partial charge in [0.05, 0.1) is 29.3 Å². The first-order valence-electron chi connectivity index (χ1n) is 27.0. The number of halogens is 14. The zero-order valence-electron chi connectivity index (χ0n) is 51.9. The van der Waals surface area contributed by atoms with Gasteiger partial charge in [-0.2, -0.15) is 39.5 Å². The molecule has 1 amide bonds. The molecule has 6 aromatic rings. The molecule has 488 valence electrons. The molecular weight excluding hydrogens is 1580 g/mol. The number of carbonyl (C=O) groups excluding carboxylic acids is 4. The molecule has 0 aromatic heterocycles. The maximum Gasteiger partial charge on any atom is 1.00 e. The van der Waals surface area contributed by atoms with Crippen molar-refractivity contribution in [1.82, 2.24) is 10.2 Å². The van der Waals surface area contributed by atoms with Crippen LogP contribution in [0.1, 0.15) is 150 Å². The van der Waals surface area contributed by atoms with E-state index in [1.165, 1.54) is 31.6 Å². The van der Waals surface area contributed by atoms with Gasteiger partial charge in [-0.25, -0.2) is 24.7 Å². The number of cyclic esters (lactones) is 1. The van der Waals surface area contributed by atoms with Crippen LogP contribution >= 0.6 is 37.2 Å². The van der Waals surface area contributed by atoms with Gasteiger partial charge >= 0.3 is 140 Å². The first-order chi connectivity index (χ1) is 40.5. The molecule has 1 fully saturated rings. The Bertz CT molecular complexity index is 3420. The number of benzene rings is 6. The summed E-state index contributed by atoms with van der Waals surface area (Å²) in [6, 6.07) is 20.8. The number of amides is 1. The van der Waals surface area contributed by atoms with Crippen LogP contribution in [0.3, 0.4) is 0 Å². The summed E-state index contributed by atoms with van der Waals surface area (Å²) in [4.78, 5) is 48.8. The minimum absolute atomic E-state index is 0. The van der Waals surface area contributed by atoms with Crippen molar-refractivity contribution in [2.24, 2.45) is 0 Å². The van der Waals surface area contributed by atoms with Crippen LogP contribution in [0, 0.1) is 46.3 Å². The van der Waals surface area contributed by atoms with Crippen molar-refractivity contribution in [2.45, 2.75) is 156 Å². The van der Waals surface area contributed by atoms with E-state index in [0.29, 0.717) is 69.9 Å². The Morgan fingerprint density at radius 2 is 1.09 bits per heavy atom. The van der Waals surface area contributed by atoms with Gasteiger partial charge < -0.3 is 40.1 Å². The van der Waals surface area contributed by atoms with Crippen molar-refractivity contribution >= 4 is 62.1 Å². The summed E-state index contributed by atoms with van der Waals surface area (Å²) in [7, 11) is 0. The fraction of sp³-hybridized carbons (Fsp3) is 0.375. The van der Waals surface area contributed by atoms with Crippen LogP contribution in [0.2, 0.25) is 0 Å². The van der Waals surface area contributed by atoms with E-state index in [1.54, 1.807) is 37.8 Å². The van der Waals surface area contributed by atoms with Gasteiger partial charge in [0.25, 0.3) is 0 Å². The van der Waals surface area contributed by atoms with E-state index in [4.69, 9.17) is 14.2 Å². The van der Waals surface area contributed by atoms with Crippen molar-refractivity contribution in [3.8, 4) is 22.3 Å². The van der Waals surface area contributed by atoms with Gasteiger partial charge in [-0.15, -0.1) is 6.42 Å². The number of rotatable bonds is 17. The number of hydrogen-bond acceptors (Lipinski definition) is 10. The summed E-state index contributed by atoms with van der Waals surface area (Å²) in [5, 5.41) is 3.01. The first kappa shape index (κ1) is 85.5. The molecule has 0 bridgehead atoms. The molecule has 3 N–H and O–H groups in total. The molecule has 0 spiro atoms. The van der Waals surface area contributed by atoms with Gasteiger partial charge in [0, 0.05) is 12.6 Å². The Labute approximate surface area is 596 Å². The van der Waals surface area contributed by atoms with Gasteiger partial charge in [0.15, 0.2) is 0 Å². The van der Waals surface area contributed by atoms with Crippen LogP contribution in [0.25, 0.3) is 22.3 Å². The maximum atomic E-state index is 14.7. The van der Waals surface area contributed by atoms with Crippen LogP contribution in [0.4, 0.5) is 57.9 Å². The number of hydrogen-bond donors (Lipinski definition) is 1. The molecule has 6 aromatic carbocycles. The van der Waals surface area contributed by atoms with Crippen LogP contribution in [0.5, 0.6) is 0 Å². The SMILES string of the molecule is Cc1cc([C@H]2OC(=O)N(Cc3cc(C)ccc3-c3cc(C(C)C)c(F)cc3C)[C@H]2C)cc(C(F)(F)F)c1.Cc1ccc(-c2cc(C(C)C)c(F)cc2C)c(CN[C@@H](C)[C@H](OC(=O)O[C@H]([C-]=O)C[C-]=O)c2cc(C(F)(F)F)cc(C(F)(F)F)c2)c1.I[I-]I.[Na+].[Na+].[OH-].[OH-]. The van der Waals surface area contributed by atoms with E-state index in [0.717, 1.165) is 45.5 Å². The van der Waals surface area contributed by atoms with Crippen molar-refractivity contribution in [1.29, 1.82) is 0 Å². The van der Waals surface area contributed by atoms with Crippen molar-refractivity contribution in [3.63, 3.8) is 0 Å². The van der Waals surface area contributed by atoms with Gasteiger partial charge in [-0.05, 0) is 188 Å². The van der Waals surface area contributed by atoms with Crippen molar-refractivity contribution < 1.29 is 165 Å². The van der Waals surface area contributed by atoms with Crippen molar-refractivity contribution in [3.05, 3.63) is 187 Å². The average molecular weight is 1640 g/mol. The molecule has 1 heterocycles. The second kappa shape index (κ2) is 37.1. The number of nitrogens with one attached hydrogen (secondary N) is 1. The Morgan fingerprint density at radius 1 is 0.637 bits per heavy atom. The molecule has 11 nitrogen and oxygen atoms in total. The van der Waals surface area contributed by atoms with Crippen LogP contribution in [-0.2, 0) is 55.4 Å². The number of alkyl halides is 9. The summed E-state index contributed by atoms with van der Waals surface area (Å²) < 4.78 is 167. The third-order valence-corrected chi connectivity index (χ3v) is 14.4. The number of aryl methyl sites for hydroxylation is 5. The van der Waals surface area contributed by atoms with E-state index in [9.17, 15) is 67.5 Å². The van der Waals surface area contributed by atoms with Gasteiger partial charge in [0.1, 0.15) is 23.8 Å². The predicted molar refractivity (Wildman–Crippen MR) is 326 cm³/mol. The normalized spacial score (nSPS) is 14.8. The smallest absolute Gasteiger partial charge is 0.870 e. The van der Waals surface area contributed by atoms with E-state index in [-0.39, 0.29) is 113 Å². The number of nitrogens with zero attached hydrogens (tertiary/aromatic N) is 1. The molecule has 0 radical (unpaired) electrons. The zero-order valence-corrected chi connectivity index (χ0v) is 62.4. The fourth-order valence-corrected chi connectivity index (χ4v) is 9.99. The minimum atomic E-state index is -5.19. The Kier molecular flexibility index (Phi) is 34.9. The summed E-state index contributed by atoms with van der Waals surface area (Å²) in [6.07, 6.45) is -19.6. The van der Waals surface area contributed by atoms with E-state index in [1.807, 2.05) is 90.9 Å². The van der Waals surface area contributed by atoms with Gasteiger partial charge in [-0.1, -0.05) is 86.8 Å². The largest absolute Gasteiger partial charge is 1.00 e. The molecule has 1 aliphatic rings. The van der Waals surface area contributed by atoms with E-state index >= 15 is 0 Å². The molecule has 91 heavy (non-hydrogen) atoms. The van der Waals surface area contributed by atoms with Crippen LogP contribution in [0.15, 0.2) is 97.1 Å². The second-order valence-electron chi connectivity index (χ2n) is 21.7. The molecule has 0 saturated carbocycles. The molecule has 27 heteroatoms. The Balaban J connectivity index is 0.000000854. The molecular formula is C64H65F11I3N2Na2O9-3. The standard InChI is InChI=1S/C34H32F7NO5.C30H31F4NO2.I3.2Na.2H2O/c1-18(2)28-15-29(20(4)11-30(28)35)27-7-6-19(3)10-23(27)16-42-21(5)31(47-32(45)46-26(17-44)8-9-43)22-12-24(33(36,37)38)14-25(13-22)34(39,40)41;1-16(2)25-14-26(19(5)12-27(25)31)24-8-7-17(3)9-22(24)15-35-20(6)28(37-29(35)36)21-10-18(4)11-23(13-21)30(32,33)34;1-3-2;;;;/h6-7,10-15,18,21,26,31,42H,8,16H2,1-5H3;7-14,16,20,28H,15H2,1-6H3;;;;2*1H2/q-2;;-1;2*+1;;/p-2/t21-,26-,31-;20-,28-;;;;;/m00...../s1. The molecule has 5 atom stereocenters. The van der Waals surface area contributed by atoms with E-state index < -0.39 is 89.8 Å². The maximum absolute atomic E-state index is 14.7. The number of ether oxygens (including phenoxy) is 3. The summed E-state index contributed by atoms with van der Waals surface area (Å²) in [6.45, 7) is 19.8. The second-order valence-corrected chi connectivity index (χ2v) is 38.0. The molecule has 0 aliphatic carbocycles. The minimum Gasteiger partial charge on any atom is -0.870 e. The first-order valence-corrected chi connectivity index (χ1v) is 39.6. The molecule has 7 rings (SSSR count). The Hall–Kier alpha value is -3.50. The average Bonchev–Trinajstić information content (AvgIpc) is 1.82. The summed E-state index contributed by atoms with van der Waals surface area (Å²) in [5.41, 5.74) is 5.05. The monoisotopic (exact) mass is 1640 g/mol. The van der Waals surface area contributed by atoms with E-state index in [2.05, 4.69) is 42.5 Å². The fourth-order valence-electron chi connectivity index (χ4n) is 9.99. The Morgan fingerprint density at radius 3 is 1.53 bits per heavy atom. The molecule has 1 aliphatic heterocycles. The predicted octanol–water partition coefficient (Wildman–Crippen LogP) is 9.69. The summed E-state index contributed by atoms with van der Waals surface area (Å²) in [5.74, 6) is -0.748. The zero-order chi connectivity index (χ0) is 65.2.